The van der Waals surface area contributed by atoms with Gasteiger partial charge in [-0.25, -0.2) is 0 Å². The minimum atomic E-state index is 0.452. The molecule has 2 nitrogen and oxygen atoms in total. The molecule has 2 aromatic carbocycles. The van der Waals surface area contributed by atoms with Gasteiger partial charge in [-0.05, 0) is 72.2 Å². The van der Waals surface area contributed by atoms with Gasteiger partial charge in [-0.3, -0.25) is 0 Å². The van der Waals surface area contributed by atoms with Crippen LogP contribution in [0.25, 0.3) is 0 Å². The zero-order valence-corrected chi connectivity index (χ0v) is 14.5. The van der Waals surface area contributed by atoms with Crippen LogP contribution in [-0.2, 0) is 6.42 Å². The van der Waals surface area contributed by atoms with Gasteiger partial charge in [0.1, 0.15) is 11.5 Å². The second-order valence-corrected chi connectivity index (χ2v) is 6.15. The zero-order chi connectivity index (χ0) is 16.3. The van der Waals surface area contributed by atoms with E-state index in [1.807, 2.05) is 0 Å². The Morgan fingerprint density at radius 2 is 1.55 bits per heavy atom. The van der Waals surface area contributed by atoms with Crippen LogP contribution in [0.15, 0.2) is 30.3 Å². The van der Waals surface area contributed by atoms with Crippen molar-refractivity contribution in [3.8, 4) is 11.5 Å². The highest BCUT2D eigenvalue weighted by Gasteiger charge is 2.11. The van der Waals surface area contributed by atoms with Gasteiger partial charge in [-0.15, -0.1) is 0 Å². The topological polar surface area (TPSA) is 18.5 Å². The number of hydrogen-bond donors (Lipinski definition) is 0. The monoisotopic (exact) mass is 298 g/mol. The fourth-order valence-corrected chi connectivity index (χ4v) is 2.90. The van der Waals surface area contributed by atoms with Crippen molar-refractivity contribution in [2.75, 3.05) is 14.2 Å². The van der Waals surface area contributed by atoms with E-state index in [1.165, 1.54) is 27.8 Å². The van der Waals surface area contributed by atoms with E-state index in [9.17, 15) is 0 Å². The Labute approximate surface area is 134 Å². The van der Waals surface area contributed by atoms with Gasteiger partial charge >= 0.3 is 0 Å². The molecular weight excluding hydrogens is 272 g/mol. The molecule has 0 atom stereocenters. The van der Waals surface area contributed by atoms with Gasteiger partial charge in [0, 0.05) is 0 Å². The predicted octanol–water partition coefficient (Wildman–Crippen LogP) is 5.03. The average Bonchev–Trinajstić information content (AvgIpc) is 2.50. The van der Waals surface area contributed by atoms with E-state index >= 15 is 0 Å². The van der Waals surface area contributed by atoms with Crippen molar-refractivity contribution in [2.24, 2.45) is 0 Å². The van der Waals surface area contributed by atoms with Crippen LogP contribution in [0.4, 0.5) is 0 Å². The van der Waals surface area contributed by atoms with Crippen LogP contribution in [0, 0.1) is 13.8 Å². The molecular formula is C20H26O2. The Bertz CT molecular complexity index is 634. The molecule has 0 N–H and O–H groups in total. The fourth-order valence-electron chi connectivity index (χ4n) is 2.90. The summed E-state index contributed by atoms with van der Waals surface area (Å²) < 4.78 is 10.8. The van der Waals surface area contributed by atoms with Crippen LogP contribution in [0.3, 0.4) is 0 Å². The first-order chi connectivity index (χ1) is 10.5. The van der Waals surface area contributed by atoms with Gasteiger partial charge in [0.05, 0.1) is 14.2 Å². The van der Waals surface area contributed by atoms with Gasteiger partial charge in [-0.2, -0.15) is 0 Å². The van der Waals surface area contributed by atoms with Crippen molar-refractivity contribution >= 4 is 0 Å². The molecule has 2 heteroatoms. The molecule has 2 rings (SSSR count). The minimum Gasteiger partial charge on any atom is -0.497 e. The summed E-state index contributed by atoms with van der Waals surface area (Å²) in [4.78, 5) is 0. The van der Waals surface area contributed by atoms with Crippen molar-refractivity contribution < 1.29 is 9.47 Å². The summed E-state index contributed by atoms with van der Waals surface area (Å²) in [6.07, 6.45) is 0.936. The Morgan fingerprint density at radius 1 is 0.909 bits per heavy atom. The summed E-state index contributed by atoms with van der Waals surface area (Å²) in [5.41, 5.74) is 6.52. The maximum absolute atomic E-state index is 5.47. The van der Waals surface area contributed by atoms with Crippen molar-refractivity contribution in [3.63, 3.8) is 0 Å². The zero-order valence-electron chi connectivity index (χ0n) is 14.5. The first-order valence-corrected chi connectivity index (χ1v) is 7.77. The van der Waals surface area contributed by atoms with E-state index in [2.05, 4.69) is 58.0 Å². The smallest absolute Gasteiger partial charge is 0.122 e. The molecule has 0 aromatic heterocycles. The van der Waals surface area contributed by atoms with E-state index in [0.29, 0.717) is 5.92 Å². The third-order valence-corrected chi connectivity index (χ3v) is 4.20. The molecule has 0 aliphatic rings. The third-order valence-electron chi connectivity index (χ3n) is 4.20. The Hall–Kier alpha value is -1.96. The summed E-state index contributed by atoms with van der Waals surface area (Å²) in [5.74, 6) is 2.35. The van der Waals surface area contributed by atoms with Crippen LogP contribution in [-0.4, -0.2) is 14.2 Å². The number of methoxy groups -OCH3 is 2. The van der Waals surface area contributed by atoms with Crippen LogP contribution < -0.4 is 9.47 Å². The molecule has 0 bridgehead atoms. The minimum absolute atomic E-state index is 0.452. The van der Waals surface area contributed by atoms with Crippen LogP contribution in [0.2, 0.25) is 0 Å². The number of ether oxygens (including phenoxy) is 2. The maximum atomic E-state index is 5.47. The Morgan fingerprint density at radius 3 is 2.05 bits per heavy atom. The lowest BCUT2D eigenvalue weighted by Gasteiger charge is -2.16. The van der Waals surface area contributed by atoms with Crippen LogP contribution in [0.1, 0.15) is 47.6 Å². The SMILES string of the molecule is COc1cc(C)c(Cc2ccc(OC)c(C(C)C)c2)c(C)c1. The molecule has 22 heavy (non-hydrogen) atoms. The number of aryl methyl sites for hydroxylation is 2. The number of benzene rings is 2. The largest absolute Gasteiger partial charge is 0.497 e. The summed E-state index contributed by atoms with van der Waals surface area (Å²) in [7, 11) is 3.45. The van der Waals surface area contributed by atoms with Crippen molar-refractivity contribution in [2.45, 2.75) is 40.0 Å². The summed E-state index contributed by atoms with van der Waals surface area (Å²) in [6, 6.07) is 10.7. The molecule has 0 unspecified atom stereocenters. The molecule has 2 aromatic rings. The normalized spacial score (nSPS) is 10.9. The van der Waals surface area contributed by atoms with Gasteiger partial charge in [0.15, 0.2) is 0 Å². The second kappa shape index (κ2) is 6.87. The maximum Gasteiger partial charge on any atom is 0.122 e. The number of hydrogen-bond acceptors (Lipinski definition) is 2. The fraction of sp³-hybridized carbons (Fsp3) is 0.400. The molecule has 0 aliphatic carbocycles. The molecule has 0 heterocycles. The molecule has 0 saturated carbocycles. The third kappa shape index (κ3) is 3.44. The van der Waals surface area contributed by atoms with E-state index in [1.54, 1.807) is 14.2 Å². The highest BCUT2D eigenvalue weighted by molar-refractivity contribution is 5.46. The first-order valence-electron chi connectivity index (χ1n) is 7.77. The van der Waals surface area contributed by atoms with Crippen molar-refractivity contribution in [3.05, 3.63) is 58.1 Å². The van der Waals surface area contributed by atoms with Gasteiger partial charge < -0.3 is 9.47 Å². The quantitative estimate of drug-likeness (QED) is 0.770. The predicted molar refractivity (Wildman–Crippen MR) is 92.4 cm³/mol. The van der Waals surface area contributed by atoms with E-state index < -0.39 is 0 Å². The van der Waals surface area contributed by atoms with E-state index in [4.69, 9.17) is 9.47 Å². The average molecular weight is 298 g/mol. The number of rotatable bonds is 5. The van der Waals surface area contributed by atoms with Crippen molar-refractivity contribution in [1.82, 2.24) is 0 Å². The lowest BCUT2D eigenvalue weighted by Crippen LogP contribution is -2.00. The van der Waals surface area contributed by atoms with Crippen LogP contribution >= 0.6 is 0 Å². The molecule has 0 radical (unpaired) electrons. The second-order valence-electron chi connectivity index (χ2n) is 6.15. The lowest BCUT2D eigenvalue weighted by atomic mass is 9.93. The first kappa shape index (κ1) is 16.4. The van der Waals surface area contributed by atoms with E-state index in [-0.39, 0.29) is 0 Å². The Balaban J connectivity index is 2.37. The molecule has 0 amide bonds. The highest BCUT2D eigenvalue weighted by atomic mass is 16.5. The van der Waals surface area contributed by atoms with Crippen molar-refractivity contribution in [1.29, 1.82) is 0 Å². The summed E-state index contributed by atoms with van der Waals surface area (Å²) in [6.45, 7) is 8.70. The standard InChI is InChI=1S/C20H26O2/c1-13(2)18-11-16(7-8-20(18)22-6)12-19-14(3)9-17(21-5)10-15(19)4/h7-11,13H,12H2,1-6H3. The molecule has 0 saturated heterocycles. The van der Waals surface area contributed by atoms with Gasteiger partial charge in [-0.1, -0.05) is 26.0 Å². The van der Waals surface area contributed by atoms with Gasteiger partial charge in [0.25, 0.3) is 0 Å². The van der Waals surface area contributed by atoms with Crippen LogP contribution in [0.5, 0.6) is 11.5 Å². The summed E-state index contributed by atoms with van der Waals surface area (Å²) >= 11 is 0. The summed E-state index contributed by atoms with van der Waals surface area (Å²) in [5, 5.41) is 0. The molecule has 0 aliphatic heterocycles. The Kier molecular flexibility index (Phi) is 5.12. The highest BCUT2D eigenvalue weighted by Crippen LogP contribution is 2.30. The van der Waals surface area contributed by atoms with E-state index in [0.717, 1.165) is 17.9 Å². The lowest BCUT2D eigenvalue weighted by molar-refractivity contribution is 0.407. The molecule has 0 spiro atoms. The molecule has 118 valence electrons. The molecule has 0 fully saturated rings. The van der Waals surface area contributed by atoms with Gasteiger partial charge in [0.2, 0.25) is 0 Å².